The Morgan fingerprint density at radius 1 is 1.44 bits per heavy atom. The van der Waals surface area contributed by atoms with Crippen LogP contribution in [-0.4, -0.2) is 9.97 Å². The Hall–Kier alpha value is -1.20. The lowest BCUT2D eigenvalue weighted by molar-refractivity contribution is 0.439. The first-order valence-electron chi connectivity index (χ1n) is 5.33. The number of aromatic nitrogens is 2. The van der Waals surface area contributed by atoms with Gasteiger partial charge in [-0.3, -0.25) is 0 Å². The van der Waals surface area contributed by atoms with Gasteiger partial charge in [-0.05, 0) is 6.92 Å². The fourth-order valence-corrected chi connectivity index (χ4v) is 2.09. The molecule has 0 spiro atoms. The Kier molecular flexibility index (Phi) is 3.69. The molecule has 2 rings (SSSR count). The molecule has 0 aliphatic heterocycles. The molecule has 0 bridgehead atoms. The van der Waals surface area contributed by atoms with Crippen molar-refractivity contribution >= 4 is 11.3 Å². The molecule has 1 N–H and O–H groups in total. The number of hydrogen-bond donors (Lipinski definition) is 1. The number of nitrogens with one attached hydrogen (secondary N) is 1. The summed E-state index contributed by atoms with van der Waals surface area (Å²) in [5, 5.41) is 6.41. The zero-order valence-electron chi connectivity index (χ0n) is 9.49. The van der Waals surface area contributed by atoms with E-state index in [2.05, 4.69) is 27.6 Å². The molecule has 2 heterocycles. The van der Waals surface area contributed by atoms with E-state index >= 15 is 0 Å². The SMILES string of the molecule is CCc1cnc(CNCc2nc(C)cs2)o1. The van der Waals surface area contributed by atoms with E-state index in [1.807, 2.05) is 6.92 Å². The van der Waals surface area contributed by atoms with Crippen LogP contribution in [0.4, 0.5) is 0 Å². The molecule has 0 aromatic carbocycles. The largest absolute Gasteiger partial charge is 0.444 e. The molecular formula is C11H15N3OS. The normalized spacial score (nSPS) is 10.9. The van der Waals surface area contributed by atoms with E-state index in [0.29, 0.717) is 6.54 Å². The molecule has 0 saturated carbocycles. The highest BCUT2D eigenvalue weighted by molar-refractivity contribution is 7.09. The minimum atomic E-state index is 0.651. The van der Waals surface area contributed by atoms with E-state index in [-0.39, 0.29) is 0 Å². The summed E-state index contributed by atoms with van der Waals surface area (Å²) in [5.41, 5.74) is 1.08. The maximum absolute atomic E-state index is 5.49. The summed E-state index contributed by atoms with van der Waals surface area (Å²) in [4.78, 5) is 8.55. The molecule has 4 nitrogen and oxygen atoms in total. The molecule has 2 aromatic rings. The van der Waals surface area contributed by atoms with E-state index in [0.717, 1.165) is 35.3 Å². The Morgan fingerprint density at radius 2 is 2.31 bits per heavy atom. The first-order valence-corrected chi connectivity index (χ1v) is 6.21. The molecule has 0 amide bonds. The molecule has 2 aromatic heterocycles. The third kappa shape index (κ3) is 2.90. The maximum Gasteiger partial charge on any atom is 0.208 e. The second-order valence-electron chi connectivity index (χ2n) is 3.56. The zero-order valence-corrected chi connectivity index (χ0v) is 10.3. The van der Waals surface area contributed by atoms with Crippen molar-refractivity contribution in [3.63, 3.8) is 0 Å². The summed E-state index contributed by atoms with van der Waals surface area (Å²) in [6.45, 7) is 5.47. The summed E-state index contributed by atoms with van der Waals surface area (Å²) in [6, 6.07) is 0. The van der Waals surface area contributed by atoms with Crippen LogP contribution in [0.15, 0.2) is 16.0 Å². The average Bonchev–Trinajstić information content (AvgIpc) is 2.88. The lowest BCUT2D eigenvalue weighted by atomic mass is 10.4. The Morgan fingerprint density at radius 3 is 2.94 bits per heavy atom. The van der Waals surface area contributed by atoms with Crippen molar-refractivity contribution in [2.45, 2.75) is 33.4 Å². The number of hydrogen-bond acceptors (Lipinski definition) is 5. The summed E-state index contributed by atoms with van der Waals surface area (Å²) in [5.74, 6) is 1.67. The van der Waals surface area contributed by atoms with Gasteiger partial charge in [-0.25, -0.2) is 9.97 Å². The predicted molar refractivity (Wildman–Crippen MR) is 63.3 cm³/mol. The Balaban J connectivity index is 1.79. The number of oxazole rings is 1. The molecule has 0 atom stereocenters. The quantitative estimate of drug-likeness (QED) is 0.867. The molecule has 0 saturated heterocycles. The van der Waals surface area contributed by atoms with Gasteiger partial charge < -0.3 is 9.73 Å². The average molecular weight is 237 g/mol. The molecule has 0 aliphatic carbocycles. The van der Waals surface area contributed by atoms with E-state index < -0.39 is 0 Å². The molecular weight excluding hydrogens is 222 g/mol. The molecule has 0 radical (unpaired) electrons. The van der Waals surface area contributed by atoms with Crippen LogP contribution in [0.2, 0.25) is 0 Å². The minimum Gasteiger partial charge on any atom is -0.444 e. The van der Waals surface area contributed by atoms with Gasteiger partial charge in [0, 0.05) is 24.0 Å². The van der Waals surface area contributed by atoms with Gasteiger partial charge in [0.25, 0.3) is 0 Å². The Labute approximate surface area is 98.7 Å². The van der Waals surface area contributed by atoms with Gasteiger partial charge in [-0.15, -0.1) is 11.3 Å². The lowest BCUT2D eigenvalue weighted by Crippen LogP contribution is -2.12. The van der Waals surface area contributed by atoms with Gasteiger partial charge in [0.15, 0.2) is 0 Å². The molecule has 0 unspecified atom stereocenters. The first kappa shape index (κ1) is 11.3. The van der Waals surface area contributed by atoms with Crippen molar-refractivity contribution in [1.29, 1.82) is 0 Å². The third-order valence-corrected chi connectivity index (χ3v) is 3.14. The van der Waals surface area contributed by atoms with E-state index in [4.69, 9.17) is 4.42 Å². The fourth-order valence-electron chi connectivity index (χ4n) is 1.35. The van der Waals surface area contributed by atoms with Gasteiger partial charge in [0.1, 0.15) is 10.8 Å². The van der Waals surface area contributed by atoms with E-state index in [9.17, 15) is 0 Å². The number of aryl methyl sites for hydroxylation is 2. The maximum atomic E-state index is 5.49. The highest BCUT2D eigenvalue weighted by Gasteiger charge is 2.02. The lowest BCUT2D eigenvalue weighted by Gasteiger charge is -1.98. The van der Waals surface area contributed by atoms with Gasteiger partial charge in [-0.2, -0.15) is 0 Å². The van der Waals surface area contributed by atoms with Crippen LogP contribution in [0.1, 0.15) is 29.3 Å². The summed E-state index contributed by atoms with van der Waals surface area (Å²) in [7, 11) is 0. The van der Waals surface area contributed by atoms with E-state index in [1.54, 1.807) is 17.5 Å². The summed E-state index contributed by atoms with van der Waals surface area (Å²) >= 11 is 1.67. The number of rotatable bonds is 5. The zero-order chi connectivity index (χ0) is 11.4. The van der Waals surface area contributed by atoms with Gasteiger partial charge in [-0.1, -0.05) is 6.92 Å². The smallest absolute Gasteiger partial charge is 0.208 e. The Bertz CT molecular complexity index is 450. The second-order valence-corrected chi connectivity index (χ2v) is 4.50. The monoisotopic (exact) mass is 237 g/mol. The molecule has 0 fully saturated rings. The predicted octanol–water partition coefficient (Wildman–Crippen LogP) is 2.29. The van der Waals surface area contributed by atoms with Crippen LogP contribution in [0.5, 0.6) is 0 Å². The minimum absolute atomic E-state index is 0.651. The van der Waals surface area contributed by atoms with Crippen molar-refractivity contribution in [1.82, 2.24) is 15.3 Å². The van der Waals surface area contributed by atoms with Crippen LogP contribution in [0.25, 0.3) is 0 Å². The fraction of sp³-hybridized carbons (Fsp3) is 0.455. The number of thiazole rings is 1. The topological polar surface area (TPSA) is 51.0 Å². The van der Waals surface area contributed by atoms with Gasteiger partial charge >= 0.3 is 0 Å². The highest BCUT2D eigenvalue weighted by Crippen LogP contribution is 2.08. The van der Waals surface area contributed by atoms with Crippen molar-refractivity contribution in [2.75, 3.05) is 0 Å². The summed E-state index contributed by atoms with van der Waals surface area (Å²) in [6.07, 6.45) is 2.67. The van der Waals surface area contributed by atoms with Gasteiger partial charge in [0.05, 0.1) is 12.7 Å². The highest BCUT2D eigenvalue weighted by atomic mass is 32.1. The molecule has 0 aliphatic rings. The van der Waals surface area contributed by atoms with Crippen LogP contribution >= 0.6 is 11.3 Å². The molecule has 16 heavy (non-hydrogen) atoms. The van der Waals surface area contributed by atoms with Crippen molar-refractivity contribution in [2.24, 2.45) is 0 Å². The van der Waals surface area contributed by atoms with Crippen LogP contribution in [-0.2, 0) is 19.5 Å². The van der Waals surface area contributed by atoms with E-state index in [1.165, 1.54) is 0 Å². The number of nitrogens with zero attached hydrogens (tertiary/aromatic N) is 2. The van der Waals surface area contributed by atoms with Crippen molar-refractivity contribution < 1.29 is 4.42 Å². The van der Waals surface area contributed by atoms with Crippen LogP contribution < -0.4 is 5.32 Å². The first-order chi connectivity index (χ1) is 7.78. The van der Waals surface area contributed by atoms with Crippen LogP contribution in [0.3, 0.4) is 0 Å². The van der Waals surface area contributed by atoms with Crippen molar-refractivity contribution in [3.05, 3.63) is 33.9 Å². The molecule has 86 valence electrons. The van der Waals surface area contributed by atoms with Crippen LogP contribution in [0, 0.1) is 6.92 Å². The standard InChI is InChI=1S/C11H15N3OS/c1-3-9-4-13-10(15-9)5-12-6-11-14-8(2)7-16-11/h4,7,12H,3,5-6H2,1-2H3. The molecule has 5 heteroatoms. The van der Waals surface area contributed by atoms with Crippen molar-refractivity contribution in [3.8, 4) is 0 Å². The van der Waals surface area contributed by atoms with Gasteiger partial charge in [0.2, 0.25) is 5.89 Å². The summed E-state index contributed by atoms with van der Waals surface area (Å²) < 4.78 is 5.49. The third-order valence-electron chi connectivity index (χ3n) is 2.17. The second kappa shape index (κ2) is 5.23.